The summed E-state index contributed by atoms with van der Waals surface area (Å²) in [6.45, 7) is 9.40. The number of ether oxygens (including phenoxy) is 1. The van der Waals surface area contributed by atoms with Crippen molar-refractivity contribution in [2.24, 2.45) is 0 Å². The minimum absolute atomic E-state index is 0.121. The van der Waals surface area contributed by atoms with Crippen molar-refractivity contribution in [1.82, 2.24) is 14.9 Å². The van der Waals surface area contributed by atoms with E-state index in [1.165, 1.54) is 12.3 Å². The molecule has 37 heavy (non-hydrogen) atoms. The predicted molar refractivity (Wildman–Crippen MR) is 142 cm³/mol. The number of benzene rings is 1. The number of hydrogen-bond donors (Lipinski definition) is 4. The molecule has 0 saturated carbocycles. The molecule has 11 heteroatoms. The number of H-pyrrole nitrogens is 1. The van der Waals surface area contributed by atoms with Crippen LogP contribution in [0, 0.1) is 12.7 Å². The van der Waals surface area contributed by atoms with Gasteiger partial charge in [0.05, 0.1) is 23.3 Å². The molecule has 0 radical (unpaired) electrons. The van der Waals surface area contributed by atoms with Gasteiger partial charge in [0.1, 0.15) is 23.7 Å². The Balaban J connectivity index is 1.35. The van der Waals surface area contributed by atoms with Crippen molar-refractivity contribution in [3.05, 3.63) is 64.0 Å². The quantitative estimate of drug-likeness (QED) is 0.402. The number of piperazine rings is 1. The highest BCUT2D eigenvalue weighted by atomic mass is 19.1. The first-order valence-corrected chi connectivity index (χ1v) is 12.4. The van der Waals surface area contributed by atoms with Gasteiger partial charge in [0.2, 0.25) is 5.88 Å². The number of rotatable bonds is 6. The average molecular weight is 508 g/mol. The number of amides is 1. The number of nitrogens with one attached hydrogen (secondary N) is 4. The Bertz CT molecular complexity index is 1370. The molecule has 1 amide bonds. The van der Waals surface area contributed by atoms with Crippen LogP contribution >= 0.6 is 0 Å². The third kappa shape index (κ3) is 5.08. The predicted octanol–water partition coefficient (Wildman–Crippen LogP) is 3.16. The molecule has 2 aromatic heterocycles. The van der Waals surface area contributed by atoms with Crippen molar-refractivity contribution in [2.75, 3.05) is 66.7 Å². The van der Waals surface area contributed by atoms with Crippen molar-refractivity contribution in [3.8, 4) is 5.88 Å². The first kappa shape index (κ1) is 24.6. The number of likely N-dealkylation sites (N-methyl/N-ethyl adjacent to an activating group) is 1. The number of fused-ring (bicyclic) bond motifs is 1. The summed E-state index contributed by atoms with van der Waals surface area (Å²) < 4.78 is 20.6. The molecule has 4 N–H and O–H groups in total. The van der Waals surface area contributed by atoms with Crippen LogP contribution in [0.1, 0.15) is 22.8 Å². The van der Waals surface area contributed by atoms with Crippen LogP contribution in [-0.2, 0) is 0 Å². The van der Waals surface area contributed by atoms with E-state index in [0.29, 0.717) is 36.1 Å². The molecule has 0 bridgehead atoms. The lowest BCUT2D eigenvalue weighted by Crippen LogP contribution is -2.46. The lowest BCUT2D eigenvalue weighted by molar-refractivity contribution is 0.102. The standard InChI is InChI=1S/C26H30FN7O3/c1-3-33-9-11-34(12-10-33)21-5-4-17(14-18(21)27)31-25(36)22-19(6-7-29-24(22)35)32-20-15-30-26-23(16(20)2)28-8-13-37-26/h4-7,14-15,28H,3,8-13H2,1-2H3,(H,31,36)(H2,29,32,35). The number of pyridine rings is 2. The molecule has 10 nitrogen and oxygen atoms in total. The summed E-state index contributed by atoms with van der Waals surface area (Å²) in [5.74, 6) is -0.567. The van der Waals surface area contributed by atoms with Gasteiger partial charge in [-0.1, -0.05) is 6.92 Å². The van der Waals surface area contributed by atoms with Crippen molar-refractivity contribution in [2.45, 2.75) is 13.8 Å². The molecule has 2 aliphatic rings. The molecule has 4 heterocycles. The minimum atomic E-state index is -0.655. The highest BCUT2D eigenvalue weighted by Crippen LogP contribution is 2.34. The van der Waals surface area contributed by atoms with Gasteiger partial charge in [0, 0.05) is 50.2 Å². The second-order valence-electron chi connectivity index (χ2n) is 9.01. The summed E-state index contributed by atoms with van der Waals surface area (Å²) >= 11 is 0. The van der Waals surface area contributed by atoms with E-state index in [1.54, 1.807) is 24.4 Å². The third-order valence-corrected chi connectivity index (χ3v) is 6.77. The summed E-state index contributed by atoms with van der Waals surface area (Å²) in [7, 11) is 0. The maximum atomic E-state index is 15.0. The Labute approximate surface area is 213 Å². The summed E-state index contributed by atoms with van der Waals surface area (Å²) in [6.07, 6.45) is 3.05. The van der Waals surface area contributed by atoms with E-state index < -0.39 is 17.3 Å². The van der Waals surface area contributed by atoms with E-state index >= 15 is 0 Å². The van der Waals surface area contributed by atoms with Crippen LogP contribution in [0.2, 0.25) is 0 Å². The molecule has 5 rings (SSSR count). The van der Waals surface area contributed by atoms with Gasteiger partial charge in [-0.15, -0.1) is 0 Å². The van der Waals surface area contributed by atoms with Gasteiger partial charge in [-0.05, 0) is 37.7 Å². The molecule has 1 saturated heterocycles. The number of carbonyl (C=O) groups is 1. The third-order valence-electron chi connectivity index (χ3n) is 6.77. The van der Waals surface area contributed by atoms with Gasteiger partial charge in [-0.2, -0.15) is 0 Å². The molecular weight excluding hydrogens is 477 g/mol. The molecule has 194 valence electrons. The van der Waals surface area contributed by atoms with E-state index in [4.69, 9.17) is 4.74 Å². The first-order chi connectivity index (χ1) is 17.9. The molecule has 0 unspecified atom stereocenters. The summed E-state index contributed by atoms with van der Waals surface area (Å²) in [5, 5.41) is 9.07. The molecule has 0 atom stereocenters. The maximum Gasteiger partial charge on any atom is 0.263 e. The second-order valence-corrected chi connectivity index (χ2v) is 9.01. The maximum absolute atomic E-state index is 15.0. The van der Waals surface area contributed by atoms with Gasteiger partial charge in [0.25, 0.3) is 11.5 Å². The molecule has 0 spiro atoms. The van der Waals surface area contributed by atoms with Gasteiger partial charge >= 0.3 is 0 Å². The zero-order valence-corrected chi connectivity index (χ0v) is 20.9. The normalized spacial score (nSPS) is 15.4. The zero-order valence-electron chi connectivity index (χ0n) is 20.9. The molecule has 1 fully saturated rings. The Kier molecular flexibility index (Phi) is 6.95. The minimum Gasteiger partial charge on any atom is -0.474 e. The number of aromatic nitrogens is 2. The fourth-order valence-corrected chi connectivity index (χ4v) is 4.64. The number of carbonyl (C=O) groups excluding carboxylic acids is 1. The van der Waals surface area contributed by atoms with Crippen LogP contribution in [0.15, 0.2) is 41.5 Å². The van der Waals surface area contributed by atoms with Crippen LogP contribution in [0.4, 0.5) is 32.8 Å². The first-order valence-electron chi connectivity index (χ1n) is 12.4. The Morgan fingerprint density at radius 2 is 2.00 bits per heavy atom. The number of anilines is 5. The second kappa shape index (κ2) is 10.5. The van der Waals surface area contributed by atoms with Gasteiger partial charge in [-0.25, -0.2) is 9.37 Å². The van der Waals surface area contributed by atoms with Crippen LogP contribution in [0.25, 0.3) is 0 Å². The van der Waals surface area contributed by atoms with E-state index in [9.17, 15) is 14.0 Å². The van der Waals surface area contributed by atoms with Crippen molar-refractivity contribution >= 4 is 34.3 Å². The SMILES string of the molecule is CCN1CCN(c2ccc(NC(=O)c3c(Nc4cnc5c(c4C)NCCO5)cc[nH]c3=O)cc2F)CC1. The molecule has 1 aromatic carbocycles. The largest absolute Gasteiger partial charge is 0.474 e. The number of aromatic amines is 1. The van der Waals surface area contributed by atoms with E-state index in [-0.39, 0.29) is 11.3 Å². The lowest BCUT2D eigenvalue weighted by atomic mass is 10.1. The Morgan fingerprint density at radius 1 is 1.19 bits per heavy atom. The van der Waals surface area contributed by atoms with Gasteiger partial charge in [-0.3, -0.25) is 9.59 Å². The van der Waals surface area contributed by atoms with Crippen LogP contribution in [-0.4, -0.2) is 66.7 Å². The Morgan fingerprint density at radius 3 is 2.76 bits per heavy atom. The van der Waals surface area contributed by atoms with Gasteiger partial charge in [0.15, 0.2) is 0 Å². The topological polar surface area (TPSA) is 115 Å². The molecule has 3 aromatic rings. The monoisotopic (exact) mass is 507 g/mol. The van der Waals surface area contributed by atoms with Crippen LogP contribution < -0.4 is 31.1 Å². The highest BCUT2D eigenvalue weighted by molar-refractivity contribution is 6.08. The summed E-state index contributed by atoms with van der Waals surface area (Å²) in [5.41, 5.74) is 2.60. The molecule has 0 aliphatic carbocycles. The average Bonchev–Trinajstić information content (AvgIpc) is 2.90. The highest BCUT2D eigenvalue weighted by Gasteiger charge is 2.22. The number of nitrogens with zero attached hydrogens (tertiary/aromatic N) is 3. The van der Waals surface area contributed by atoms with E-state index in [1.807, 2.05) is 11.8 Å². The van der Waals surface area contributed by atoms with Crippen LogP contribution in [0.5, 0.6) is 5.88 Å². The summed E-state index contributed by atoms with van der Waals surface area (Å²) in [4.78, 5) is 37.0. The zero-order chi connectivity index (χ0) is 25.9. The number of hydrogen-bond acceptors (Lipinski definition) is 8. The number of halogens is 1. The lowest BCUT2D eigenvalue weighted by Gasteiger charge is -2.35. The Hall–Kier alpha value is -4.12. The van der Waals surface area contributed by atoms with E-state index in [0.717, 1.165) is 44.0 Å². The van der Waals surface area contributed by atoms with Crippen molar-refractivity contribution < 1.29 is 13.9 Å². The van der Waals surface area contributed by atoms with E-state index in [2.05, 4.69) is 37.7 Å². The van der Waals surface area contributed by atoms with Crippen molar-refractivity contribution in [1.29, 1.82) is 0 Å². The molecule has 2 aliphatic heterocycles. The van der Waals surface area contributed by atoms with Crippen LogP contribution in [0.3, 0.4) is 0 Å². The fraction of sp³-hybridized carbons (Fsp3) is 0.346. The van der Waals surface area contributed by atoms with Gasteiger partial charge < -0.3 is 35.5 Å². The fourth-order valence-electron chi connectivity index (χ4n) is 4.64. The summed E-state index contributed by atoms with van der Waals surface area (Å²) in [6, 6.07) is 6.19. The smallest absolute Gasteiger partial charge is 0.263 e. The molecular formula is C26H30FN7O3. The van der Waals surface area contributed by atoms with Crippen molar-refractivity contribution in [3.63, 3.8) is 0 Å².